The standard InChI is InChI=1S/C6H15N5.C4H8O2S.ClH/c1-2-3-4-10-6(9)11-5(7)8;5-7(6)3-1-2-4-7;/h2-4H2,1H3,(H6,7,8,9,10,11);1-4H2;1H. The van der Waals surface area contributed by atoms with Gasteiger partial charge in [0.15, 0.2) is 11.9 Å². The summed E-state index contributed by atoms with van der Waals surface area (Å²) < 4.78 is 20.9. The van der Waals surface area contributed by atoms with Gasteiger partial charge < -0.3 is 11.1 Å². The first-order valence-corrected chi connectivity index (χ1v) is 7.83. The maximum Gasteiger partial charge on any atom is 0.195 e. The quantitative estimate of drug-likeness (QED) is 0.292. The van der Waals surface area contributed by atoms with Gasteiger partial charge in [0, 0.05) is 6.54 Å². The molecule has 1 fully saturated rings. The zero-order valence-corrected chi connectivity index (χ0v) is 12.8. The van der Waals surface area contributed by atoms with E-state index in [1.54, 1.807) is 0 Å². The zero-order valence-electron chi connectivity index (χ0n) is 11.2. The number of unbranched alkanes of at least 4 members (excludes halogenated alkanes) is 1. The number of sulfone groups is 1. The fraction of sp³-hybridized carbons (Fsp3) is 0.800. The van der Waals surface area contributed by atoms with Crippen molar-refractivity contribution in [2.75, 3.05) is 18.1 Å². The van der Waals surface area contributed by atoms with Crippen LogP contribution >= 0.6 is 12.4 Å². The van der Waals surface area contributed by atoms with E-state index in [0.717, 1.165) is 32.2 Å². The molecule has 0 spiro atoms. The first-order valence-electron chi connectivity index (χ1n) is 6.01. The lowest BCUT2D eigenvalue weighted by molar-refractivity contribution is 0.602. The monoisotopic (exact) mass is 313 g/mol. The van der Waals surface area contributed by atoms with Crippen LogP contribution in [0.5, 0.6) is 0 Å². The van der Waals surface area contributed by atoms with Crippen LogP contribution in [0.25, 0.3) is 0 Å². The van der Waals surface area contributed by atoms with E-state index in [1.807, 2.05) is 0 Å². The molecule has 19 heavy (non-hydrogen) atoms. The summed E-state index contributed by atoms with van der Waals surface area (Å²) in [6.45, 7) is 2.82. The Morgan fingerprint density at radius 3 is 2.11 bits per heavy atom. The van der Waals surface area contributed by atoms with Crippen LogP contribution < -0.4 is 16.4 Å². The molecule has 7 nitrogen and oxygen atoms in total. The minimum absolute atomic E-state index is 0. The first kappa shape index (κ1) is 20.3. The van der Waals surface area contributed by atoms with Crippen molar-refractivity contribution in [1.82, 2.24) is 10.6 Å². The van der Waals surface area contributed by atoms with Crippen molar-refractivity contribution in [1.29, 1.82) is 10.8 Å². The number of halogens is 1. The zero-order chi connectivity index (χ0) is 14.0. The van der Waals surface area contributed by atoms with E-state index in [9.17, 15) is 8.42 Å². The third kappa shape index (κ3) is 13.2. The highest BCUT2D eigenvalue weighted by Gasteiger charge is 2.16. The summed E-state index contributed by atoms with van der Waals surface area (Å²) in [5.74, 6) is 0.727. The third-order valence-corrected chi connectivity index (χ3v) is 4.07. The van der Waals surface area contributed by atoms with Crippen LogP contribution in [0.3, 0.4) is 0 Å². The van der Waals surface area contributed by atoms with Gasteiger partial charge in [0.25, 0.3) is 0 Å². The van der Waals surface area contributed by atoms with E-state index in [2.05, 4.69) is 17.6 Å². The SMILES string of the molecule is CCCCNC(=N)NC(=N)N.Cl.O=S1(=O)CCCC1. The minimum atomic E-state index is -2.55. The number of nitrogens with one attached hydrogen (secondary N) is 4. The molecular formula is C10H24ClN5O2S. The second kappa shape index (κ2) is 10.9. The Kier molecular flexibility index (Phi) is 11.6. The highest BCUT2D eigenvalue weighted by Crippen LogP contribution is 2.08. The van der Waals surface area contributed by atoms with Gasteiger partial charge in [-0.25, -0.2) is 8.42 Å². The van der Waals surface area contributed by atoms with E-state index >= 15 is 0 Å². The van der Waals surface area contributed by atoms with Gasteiger partial charge in [-0.05, 0) is 19.3 Å². The van der Waals surface area contributed by atoms with E-state index < -0.39 is 9.84 Å². The maximum absolute atomic E-state index is 10.4. The Labute approximate surface area is 121 Å². The van der Waals surface area contributed by atoms with Gasteiger partial charge in [-0.1, -0.05) is 13.3 Å². The summed E-state index contributed by atoms with van der Waals surface area (Å²) in [5, 5.41) is 19.0. The molecule has 0 aromatic carbocycles. The minimum Gasteiger partial charge on any atom is -0.370 e. The van der Waals surface area contributed by atoms with E-state index in [1.165, 1.54) is 0 Å². The van der Waals surface area contributed by atoms with Crippen molar-refractivity contribution in [3.63, 3.8) is 0 Å². The molecule has 0 amide bonds. The van der Waals surface area contributed by atoms with Crippen molar-refractivity contribution in [2.45, 2.75) is 32.6 Å². The number of guanidine groups is 2. The molecule has 1 heterocycles. The van der Waals surface area contributed by atoms with Gasteiger partial charge in [0.2, 0.25) is 0 Å². The van der Waals surface area contributed by atoms with Crippen LogP contribution in [0, 0.1) is 10.8 Å². The summed E-state index contributed by atoms with van der Waals surface area (Å²) in [5.41, 5.74) is 4.99. The molecule has 9 heteroatoms. The molecule has 0 atom stereocenters. The van der Waals surface area contributed by atoms with Crippen LogP contribution in [-0.2, 0) is 9.84 Å². The molecule has 1 saturated heterocycles. The van der Waals surface area contributed by atoms with E-state index in [4.69, 9.17) is 16.6 Å². The summed E-state index contributed by atoms with van der Waals surface area (Å²) in [6.07, 6.45) is 3.85. The smallest absolute Gasteiger partial charge is 0.195 e. The maximum atomic E-state index is 10.4. The van der Waals surface area contributed by atoms with Crippen LogP contribution in [0.15, 0.2) is 0 Å². The van der Waals surface area contributed by atoms with Crippen LogP contribution in [-0.4, -0.2) is 38.4 Å². The van der Waals surface area contributed by atoms with Crippen molar-refractivity contribution in [3.05, 3.63) is 0 Å². The summed E-state index contributed by atoms with van der Waals surface area (Å²) in [7, 11) is -2.55. The predicted molar refractivity (Wildman–Crippen MR) is 80.8 cm³/mol. The van der Waals surface area contributed by atoms with Crippen molar-refractivity contribution >= 4 is 34.2 Å². The number of rotatable bonds is 3. The fourth-order valence-corrected chi connectivity index (χ4v) is 2.81. The Bertz CT molecular complexity index is 360. The Morgan fingerprint density at radius 2 is 1.79 bits per heavy atom. The molecule has 0 unspecified atom stereocenters. The van der Waals surface area contributed by atoms with E-state index in [-0.39, 0.29) is 24.3 Å². The van der Waals surface area contributed by atoms with Crippen molar-refractivity contribution in [2.24, 2.45) is 5.73 Å². The molecule has 6 N–H and O–H groups in total. The third-order valence-electron chi connectivity index (χ3n) is 2.25. The molecule has 0 aliphatic carbocycles. The average Bonchev–Trinajstić information content (AvgIpc) is 2.63. The molecular weight excluding hydrogens is 290 g/mol. The normalized spacial score (nSPS) is 15.4. The van der Waals surface area contributed by atoms with Crippen LogP contribution in [0.1, 0.15) is 32.6 Å². The van der Waals surface area contributed by atoms with Crippen LogP contribution in [0.2, 0.25) is 0 Å². The number of hydrogen-bond donors (Lipinski definition) is 5. The first-order chi connectivity index (χ1) is 8.37. The average molecular weight is 314 g/mol. The second-order valence-electron chi connectivity index (χ2n) is 4.05. The lowest BCUT2D eigenvalue weighted by atomic mass is 10.3. The van der Waals surface area contributed by atoms with Gasteiger partial charge in [0.1, 0.15) is 9.84 Å². The van der Waals surface area contributed by atoms with Gasteiger partial charge in [-0.15, -0.1) is 12.4 Å². The van der Waals surface area contributed by atoms with Gasteiger partial charge in [0.05, 0.1) is 11.5 Å². The Hall–Kier alpha value is -1.02. The summed E-state index contributed by atoms with van der Waals surface area (Å²) >= 11 is 0. The lowest BCUT2D eigenvalue weighted by Gasteiger charge is -2.06. The molecule has 1 rings (SSSR count). The van der Waals surface area contributed by atoms with Gasteiger partial charge >= 0.3 is 0 Å². The van der Waals surface area contributed by atoms with Crippen LogP contribution in [0.4, 0.5) is 0 Å². The van der Waals surface area contributed by atoms with Crippen molar-refractivity contribution in [3.8, 4) is 0 Å². The highest BCUT2D eigenvalue weighted by atomic mass is 35.5. The molecule has 0 aromatic heterocycles. The fourth-order valence-electron chi connectivity index (χ4n) is 1.32. The molecule has 0 radical (unpaired) electrons. The predicted octanol–water partition coefficient (Wildman–Crippen LogP) is 0.411. The molecule has 0 bridgehead atoms. The lowest BCUT2D eigenvalue weighted by Crippen LogP contribution is -2.43. The molecule has 114 valence electrons. The largest absolute Gasteiger partial charge is 0.370 e. The molecule has 1 aliphatic heterocycles. The highest BCUT2D eigenvalue weighted by molar-refractivity contribution is 7.91. The Morgan fingerprint density at radius 1 is 1.26 bits per heavy atom. The van der Waals surface area contributed by atoms with Gasteiger partial charge in [-0.2, -0.15) is 0 Å². The molecule has 0 saturated carbocycles. The second-order valence-corrected chi connectivity index (χ2v) is 6.36. The number of nitrogens with two attached hydrogens (primary N) is 1. The van der Waals surface area contributed by atoms with Crippen molar-refractivity contribution < 1.29 is 8.42 Å². The van der Waals surface area contributed by atoms with E-state index in [0.29, 0.717) is 11.5 Å². The number of hydrogen-bond acceptors (Lipinski definition) is 4. The molecule has 0 aromatic rings. The van der Waals surface area contributed by atoms with Gasteiger partial charge in [-0.3, -0.25) is 16.1 Å². The summed E-state index contributed by atoms with van der Waals surface area (Å²) in [6, 6.07) is 0. The molecule has 1 aliphatic rings. The topological polar surface area (TPSA) is 132 Å². The summed E-state index contributed by atoms with van der Waals surface area (Å²) in [4.78, 5) is 0. The Balaban J connectivity index is 0.